The Balaban J connectivity index is 1.58. The van der Waals surface area contributed by atoms with Crippen LogP contribution in [0.4, 0.5) is 0 Å². The van der Waals surface area contributed by atoms with E-state index in [0.717, 1.165) is 0 Å². The van der Waals surface area contributed by atoms with Crippen LogP contribution in [0.15, 0.2) is 0 Å². The summed E-state index contributed by atoms with van der Waals surface area (Å²) in [5.41, 5.74) is -0.534. The number of carbonyl (C=O) groups is 2. The number of carbonyl (C=O) groups excluding carboxylic acids is 2. The summed E-state index contributed by atoms with van der Waals surface area (Å²) in [6, 6.07) is 0. The van der Waals surface area contributed by atoms with Crippen LogP contribution in [0.3, 0.4) is 0 Å². The quantitative estimate of drug-likeness (QED) is 0.564. The number of hydrogen-bond acceptors (Lipinski definition) is 6. The van der Waals surface area contributed by atoms with Gasteiger partial charge in [0, 0.05) is 0 Å². The molecular weight excluding hydrogens is 276 g/mol. The fourth-order valence-corrected chi connectivity index (χ4v) is 3.11. The largest absolute Gasteiger partial charge is 0.456 e. The van der Waals surface area contributed by atoms with Gasteiger partial charge in [0.15, 0.2) is 6.10 Å². The second-order valence-electron chi connectivity index (χ2n) is 6.69. The molecule has 3 saturated heterocycles. The maximum absolute atomic E-state index is 12.0. The van der Waals surface area contributed by atoms with Crippen molar-refractivity contribution >= 4 is 11.9 Å². The topological polar surface area (TPSA) is 71.1 Å². The van der Waals surface area contributed by atoms with Crippen LogP contribution in [0.25, 0.3) is 0 Å². The SMILES string of the molecule is CCC(C)(C)C(=O)OC(C)OC1C2CC3C(=O)OC1C3O2. The molecule has 0 radical (unpaired) electrons. The summed E-state index contributed by atoms with van der Waals surface area (Å²) in [6.45, 7) is 7.30. The Bertz CT molecular complexity index is 459. The van der Waals surface area contributed by atoms with Gasteiger partial charge in [0.2, 0.25) is 6.29 Å². The predicted molar refractivity (Wildman–Crippen MR) is 71.1 cm³/mol. The summed E-state index contributed by atoms with van der Waals surface area (Å²) in [6.07, 6.45) is -0.399. The molecule has 0 spiro atoms. The van der Waals surface area contributed by atoms with Gasteiger partial charge in [-0.2, -0.15) is 0 Å². The van der Waals surface area contributed by atoms with Crippen molar-refractivity contribution < 1.29 is 28.5 Å². The Hall–Kier alpha value is -1.14. The number of fused-ring (bicyclic) bond motifs is 1. The van der Waals surface area contributed by atoms with Crippen molar-refractivity contribution in [1.29, 1.82) is 0 Å². The lowest BCUT2D eigenvalue weighted by Gasteiger charge is -2.28. The molecule has 6 atom stereocenters. The van der Waals surface area contributed by atoms with E-state index in [1.165, 1.54) is 0 Å². The van der Waals surface area contributed by atoms with E-state index in [4.69, 9.17) is 18.9 Å². The highest BCUT2D eigenvalue weighted by molar-refractivity contribution is 5.77. The molecule has 6 heteroatoms. The lowest BCUT2D eigenvalue weighted by Crippen LogP contribution is -2.42. The van der Waals surface area contributed by atoms with Gasteiger partial charge in [-0.15, -0.1) is 0 Å². The second-order valence-corrected chi connectivity index (χ2v) is 6.69. The van der Waals surface area contributed by atoms with Gasteiger partial charge in [0.25, 0.3) is 0 Å². The molecule has 3 aliphatic heterocycles. The molecule has 118 valence electrons. The summed E-state index contributed by atoms with van der Waals surface area (Å²) in [5, 5.41) is 0. The van der Waals surface area contributed by atoms with Gasteiger partial charge in [0.05, 0.1) is 17.4 Å². The molecule has 3 rings (SSSR count). The summed E-state index contributed by atoms with van der Waals surface area (Å²) in [4.78, 5) is 23.7. The number of esters is 2. The minimum absolute atomic E-state index is 0.142. The maximum atomic E-state index is 12.0. The van der Waals surface area contributed by atoms with Gasteiger partial charge < -0.3 is 18.9 Å². The molecule has 0 amide bonds. The highest BCUT2D eigenvalue weighted by Crippen LogP contribution is 2.47. The monoisotopic (exact) mass is 298 g/mol. The normalized spacial score (nSPS) is 38.5. The minimum atomic E-state index is -0.686. The Morgan fingerprint density at radius 1 is 1.43 bits per heavy atom. The van der Waals surface area contributed by atoms with Gasteiger partial charge in [-0.25, -0.2) is 0 Å². The van der Waals surface area contributed by atoms with Crippen LogP contribution >= 0.6 is 0 Å². The number of rotatable bonds is 5. The summed E-state index contributed by atoms with van der Waals surface area (Å²) in [5.74, 6) is -0.630. The van der Waals surface area contributed by atoms with Crippen LogP contribution in [-0.2, 0) is 28.5 Å². The van der Waals surface area contributed by atoms with Crippen molar-refractivity contribution in [3.63, 3.8) is 0 Å². The molecule has 0 aliphatic carbocycles. The van der Waals surface area contributed by atoms with E-state index >= 15 is 0 Å². The molecule has 0 aromatic rings. The molecular formula is C15H22O6. The Labute approximate surface area is 124 Å². The van der Waals surface area contributed by atoms with Crippen LogP contribution in [0.1, 0.15) is 40.5 Å². The molecule has 3 heterocycles. The van der Waals surface area contributed by atoms with Gasteiger partial charge >= 0.3 is 11.9 Å². The average molecular weight is 298 g/mol. The summed E-state index contributed by atoms with van der Waals surface area (Å²) < 4.78 is 22.2. The molecule has 3 fully saturated rings. The molecule has 0 N–H and O–H groups in total. The highest BCUT2D eigenvalue weighted by Gasteiger charge is 2.64. The molecule has 2 bridgehead atoms. The first-order valence-corrected chi connectivity index (χ1v) is 7.56. The lowest BCUT2D eigenvalue weighted by atomic mass is 9.88. The number of hydrogen-bond donors (Lipinski definition) is 0. The Kier molecular flexibility index (Phi) is 3.48. The molecule has 0 aromatic carbocycles. The van der Waals surface area contributed by atoms with Crippen molar-refractivity contribution in [2.75, 3.05) is 0 Å². The fraction of sp³-hybridized carbons (Fsp3) is 0.867. The first-order valence-electron chi connectivity index (χ1n) is 7.56. The van der Waals surface area contributed by atoms with E-state index in [0.29, 0.717) is 12.8 Å². The minimum Gasteiger partial charge on any atom is -0.456 e. The van der Waals surface area contributed by atoms with E-state index < -0.39 is 11.7 Å². The zero-order valence-corrected chi connectivity index (χ0v) is 12.8. The Morgan fingerprint density at radius 3 is 2.81 bits per heavy atom. The first-order chi connectivity index (χ1) is 9.83. The third-order valence-electron chi connectivity index (χ3n) is 4.84. The van der Waals surface area contributed by atoms with Crippen LogP contribution in [0, 0.1) is 11.3 Å². The molecule has 6 nitrogen and oxygen atoms in total. The molecule has 0 aromatic heterocycles. The van der Waals surface area contributed by atoms with Crippen LogP contribution < -0.4 is 0 Å². The zero-order valence-electron chi connectivity index (χ0n) is 12.8. The average Bonchev–Trinajstić information content (AvgIpc) is 3.03. The van der Waals surface area contributed by atoms with Crippen LogP contribution in [-0.4, -0.2) is 42.6 Å². The van der Waals surface area contributed by atoms with Crippen molar-refractivity contribution in [2.45, 2.75) is 71.2 Å². The standard InChI is InChI=1S/C15H22O6/c1-5-15(3,4)14(17)19-7(2)18-11-9-6-8-10(20-9)12(11)21-13(8)16/h7-12H,5-6H2,1-4H3. The van der Waals surface area contributed by atoms with Gasteiger partial charge in [-0.1, -0.05) is 6.92 Å². The molecule has 3 aliphatic rings. The first kappa shape index (κ1) is 14.8. The Morgan fingerprint density at radius 2 is 2.14 bits per heavy atom. The highest BCUT2D eigenvalue weighted by atomic mass is 16.7. The van der Waals surface area contributed by atoms with Crippen LogP contribution in [0.2, 0.25) is 0 Å². The third kappa shape index (κ3) is 2.34. The predicted octanol–water partition coefficient (Wildman–Crippen LogP) is 1.41. The maximum Gasteiger partial charge on any atom is 0.313 e. The van der Waals surface area contributed by atoms with E-state index in [2.05, 4.69) is 0 Å². The summed E-state index contributed by atoms with van der Waals surface area (Å²) in [7, 11) is 0. The zero-order chi connectivity index (χ0) is 15.4. The van der Waals surface area contributed by atoms with Gasteiger partial charge in [0.1, 0.15) is 12.2 Å². The fourth-order valence-electron chi connectivity index (χ4n) is 3.11. The van der Waals surface area contributed by atoms with Crippen molar-refractivity contribution in [3.05, 3.63) is 0 Å². The van der Waals surface area contributed by atoms with E-state index in [-0.39, 0.29) is 42.3 Å². The van der Waals surface area contributed by atoms with E-state index in [1.807, 2.05) is 20.8 Å². The molecule has 0 saturated carbocycles. The van der Waals surface area contributed by atoms with Crippen molar-refractivity contribution in [2.24, 2.45) is 11.3 Å². The van der Waals surface area contributed by atoms with Crippen molar-refractivity contribution in [1.82, 2.24) is 0 Å². The smallest absolute Gasteiger partial charge is 0.313 e. The third-order valence-corrected chi connectivity index (χ3v) is 4.84. The van der Waals surface area contributed by atoms with Crippen molar-refractivity contribution in [3.8, 4) is 0 Å². The van der Waals surface area contributed by atoms with Gasteiger partial charge in [-0.3, -0.25) is 9.59 Å². The van der Waals surface area contributed by atoms with E-state index in [9.17, 15) is 9.59 Å². The number of ether oxygens (including phenoxy) is 4. The second kappa shape index (κ2) is 4.95. The molecule has 21 heavy (non-hydrogen) atoms. The van der Waals surface area contributed by atoms with E-state index in [1.54, 1.807) is 6.92 Å². The lowest BCUT2D eigenvalue weighted by molar-refractivity contribution is -0.205. The molecule has 6 unspecified atom stereocenters. The van der Waals surface area contributed by atoms with Gasteiger partial charge in [-0.05, 0) is 33.6 Å². The summed E-state index contributed by atoms with van der Waals surface area (Å²) >= 11 is 0. The van der Waals surface area contributed by atoms with Crippen LogP contribution in [0.5, 0.6) is 0 Å².